The van der Waals surface area contributed by atoms with Crippen LogP contribution < -0.4 is 0 Å². The summed E-state index contributed by atoms with van der Waals surface area (Å²) in [5.41, 5.74) is 1.37. The van der Waals surface area contributed by atoms with Crippen LogP contribution in [0.25, 0.3) is 0 Å². The third-order valence-electron chi connectivity index (χ3n) is 2.74. The Balaban J connectivity index is 2.20. The molecule has 0 saturated carbocycles. The molecule has 0 atom stereocenters. The fraction of sp³-hybridized carbons (Fsp3) is 0.188. The zero-order valence-electron chi connectivity index (χ0n) is 11.1. The van der Waals surface area contributed by atoms with Crippen molar-refractivity contribution in [3.05, 3.63) is 64.7 Å². The minimum atomic E-state index is -0.321. The molecule has 0 N–H and O–H groups in total. The molecule has 20 heavy (non-hydrogen) atoms. The molecule has 0 aliphatic carbocycles. The molecule has 2 aromatic rings. The Morgan fingerprint density at radius 1 is 1.15 bits per heavy atom. The van der Waals surface area contributed by atoms with E-state index in [-0.39, 0.29) is 5.97 Å². The Morgan fingerprint density at radius 3 is 2.60 bits per heavy atom. The van der Waals surface area contributed by atoms with Crippen LogP contribution in [0.4, 0.5) is 0 Å². The van der Waals surface area contributed by atoms with Crippen LogP contribution in [-0.2, 0) is 10.5 Å². The lowest BCUT2D eigenvalue weighted by atomic mass is 10.1. The van der Waals surface area contributed by atoms with Gasteiger partial charge in [0.15, 0.2) is 0 Å². The molecular weight excluding hydrogens is 292 g/mol. The van der Waals surface area contributed by atoms with Crippen molar-refractivity contribution in [2.75, 3.05) is 6.61 Å². The van der Waals surface area contributed by atoms with Crippen molar-refractivity contribution in [1.82, 2.24) is 0 Å². The van der Waals surface area contributed by atoms with Gasteiger partial charge in [-0.1, -0.05) is 35.9 Å². The van der Waals surface area contributed by atoms with Crippen molar-refractivity contribution in [1.29, 1.82) is 0 Å². The predicted molar refractivity (Wildman–Crippen MR) is 83.4 cm³/mol. The monoisotopic (exact) mass is 306 g/mol. The third-order valence-corrected chi connectivity index (χ3v) is 4.13. The summed E-state index contributed by atoms with van der Waals surface area (Å²) in [6.07, 6.45) is 0. The van der Waals surface area contributed by atoms with E-state index in [9.17, 15) is 4.79 Å². The molecule has 0 heterocycles. The minimum absolute atomic E-state index is 0.321. The molecular formula is C16H15ClO2S. The number of thioether (sulfide) groups is 1. The van der Waals surface area contributed by atoms with E-state index in [1.165, 1.54) is 0 Å². The summed E-state index contributed by atoms with van der Waals surface area (Å²) in [7, 11) is 0. The molecule has 0 aromatic heterocycles. The Bertz CT molecular complexity index is 584. The van der Waals surface area contributed by atoms with Gasteiger partial charge in [0.05, 0.1) is 12.2 Å². The summed E-state index contributed by atoms with van der Waals surface area (Å²) in [4.78, 5) is 13.1. The number of halogens is 1. The fourth-order valence-corrected chi connectivity index (χ4v) is 3.07. The number of benzene rings is 2. The zero-order chi connectivity index (χ0) is 14.4. The predicted octanol–water partition coefficient (Wildman–Crippen LogP) is 4.81. The maximum Gasteiger partial charge on any atom is 0.338 e. The van der Waals surface area contributed by atoms with E-state index in [1.54, 1.807) is 36.9 Å². The number of rotatable bonds is 5. The molecule has 104 valence electrons. The number of esters is 1. The third kappa shape index (κ3) is 3.78. The summed E-state index contributed by atoms with van der Waals surface area (Å²) < 4.78 is 5.07. The normalized spacial score (nSPS) is 10.3. The molecule has 2 rings (SSSR count). The van der Waals surface area contributed by atoms with E-state index in [1.807, 2.05) is 30.3 Å². The van der Waals surface area contributed by atoms with Gasteiger partial charge in [0, 0.05) is 15.7 Å². The maximum atomic E-state index is 11.9. The van der Waals surface area contributed by atoms with Crippen LogP contribution in [0, 0.1) is 0 Å². The smallest absolute Gasteiger partial charge is 0.338 e. The van der Waals surface area contributed by atoms with E-state index >= 15 is 0 Å². The van der Waals surface area contributed by atoms with Crippen LogP contribution in [-0.4, -0.2) is 12.6 Å². The van der Waals surface area contributed by atoms with Crippen molar-refractivity contribution in [3.63, 3.8) is 0 Å². The van der Waals surface area contributed by atoms with E-state index < -0.39 is 0 Å². The molecule has 0 aliphatic rings. The average molecular weight is 307 g/mol. The van der Waals surface area contributed by atoms with Crippen molar-refractivity contribution in [2.24, 2.45) is 0 Å². The largest absolute Gasteiger partial charge is 0.462 e. The zero-order valence-corrected chi connectivity index (χ0v) is 12.7. The molecule has 0 radical (unpaired) electrons. The highest BCUT2D eigenvalue weighted by Gasteiger charge is 2.15. The van der Waals surface area contributed by atoms with Crippen molar-refractivity contribution < 1.29 is 9.53 Å². The van der Waals surface area contributed by atoms with E-state index in [2.05, 4.69) is 0 Å². The Morgan fingerprint density at radius 2 is 1.90 bits per heavy atom. The first-order chi connectivity index (χ1) is 9.72. The fourth-order valence-electron chi connectivity index (χ4n) is 1.78. The van der Waals surface area contributed by atoms with Gasteiger partial charge in [0.25, 0.3) is 0 Å². The topological polar surface area (TPSA) is 26.3 Å². The van der Waals surface area contributed by atoms with Crippen LogP contribution in [0.3, 0.4) is 0 Å². The number of carbonyl (C=O) groups excluding carboxylic acids is 1. The summed E-state index contributed by atoms with van der Waals surface area (Å²) in [5.74, 6) is 0.316. The van der Waals surface area contributed by atoms with E-state index in [0.29, 0.717) is 22.9 Å². The Hall–Kier alpha value is -1.45. The van der Waals surface area contributed by atoms with Gasteiger partial charge < -0.3 is 4.74 Å². The number of hydrogen-bond acceptors (Lipinski definition) is 3. The Labute approximate surface area is 128 Å². The molecule has 0 amide bonds. The quantitative estimate of drug-likeness (QED) is 0.586. The van der Waals surface area contributed by atoms with Crippen LogP contribution >= 0.6 is 23.4 Å². The highest BCUT2D eigenvalue weighted by atomic mass is 35.5. The van der Waals surface area contributed by atoms with Gasteiger partial charge in [-0.05, 0) is 36.8 Å². The van der Waals surface area contributed by atoms with Crippen LogP contribution in [0.5, 0.6) is 0 Å². The van der Waals surface area contributed by atoms with Gasteiger partial charge in [-0.25, -0.2) is 4.79 Å². The lowest BCUT2D eigenvalue weighted by Crippen LogP contribution is -2.08. The first-order valence-electron chi connectivity index (χ1n) is 6.34. The van der Waals surface area contributed by atoms with Gasteiger partial charge in [-0.15, -0.1) is 11.8 Å². The number of ether oxygens (including phenoxy) is 1. The first-order valence-corrected chi connectivity index (χ1v) is 7.71. The molecule has 4 heteroatoms. The van der Waals surface area contributed by atoms with Crippen LogP contribution in [0.15, 0.2) is 53.4 Å². The number of carbonyl (C=O) groups is 1. The van der Waals surface area contributed by atoms with E-state index in [4.69, 9.17) is 16.3 Å². The summed E-state index contributed by atoms with van der Waals surface area (Å²) >= 11 is 7.86. The Kier molecular flexibility index (Phi) is 5.50. The average Bonchev–Trinajstić information content (AvgIpc) is 2.47. The summed E-state index contributed by atoms with van der Waals surface area (Å²) in [5, 5.41) is 0.596. The summed E-state index contributed by atoms with van der Waals surface area (Å²) in [6.45, 7) is 2.15. The van der Waals surface area contributed by atoms with Gasteiger partial charge in [-0.2, -0.15) is 0 Å². The van der Waals surface area contributed by atoms with Crippen molar-refractivity contribution in [2.45, 2.75) is 17.6 Å². The van der Waals surface area contributed by atoms with Gasteiger partial charge in [0.1, 0.15) is 0 Å². The molecule has 0 saturated heterocycles. The van der Waals surface area contributed by atoms with Gasteiger partial charge in [0.2, 0.25) is 0 Å². The lowest BCUT2D eigenvalue weighted by Gasteiger charge is -2.10. The summed E-state index contributed by atoms with van der Waals surface area (Å²) in [6, 6.07) is 15.3. The minimum Gasteiger partial charge on any atom is -0.462 e. The molecule has 0 aliphatic heterocycles. The highest BCUT2D eigenvalue weighted by molar-refractivity contribution is 7.98. The second kappa shape index (κ2) is 7.36. The highest BCUT2D eigenvalue weighted by Crippen LogP contribution is 2.29. The molecule has 2 nitrogen and oxygen atoms in total. The van der Waals surface area contributed by atoms with Crippen molar-refractivity contribution >= 4 is 29.3 Å². The van der Waals surface area contributed by atoms with Crippen LogP contribution in [0.2, 0.25) is 5.02 Å². The molecule has 0 unspecified atom stereocenters. The second-order valence-electron chi connectivity index (χ2n) is 4.09. The molecule has 0 bridgehead atoms. The van der Waals surface area contributed by atoms with Gasteiger partial charge in [-0.3, -0.25) is 0 Å². The SMILES string of the molecule is CCOC(=O)c1cccc(Cl)c1CSc1ccccc1. The first kappa shape index (κ1) is 14.9. The maximum absolute atomic E-state index is 11.9. The molecule has 0 spiro atoms. The molecule has 2 aromatic carbocycles. The van der Waals surface area contributed by atoms with Gasteiger partial charge >= 0.3 is 5.97 Å². The second-order valence-corrected chi connectivity index (χ2v) is 5.54. The van der Waals surface area contributed by atoms with Crippen LogP contribution in [0.1, 0.15) is 22.8 Å². The van der Waals surface area contributed by atoms with Crippen molar-refractivity contribution in [3.8, 4) is 0 Å². The standard InChI is InChI=1S/C16H15ClO2S/c1-2-19-16(18)13-9-6-10-15(17)14(13)11-20-12-7-4-3-5-8-12/h3-10H,2,11H2,1H3. The molecule has 0 fully saturated rings. The lowest BCUT2D eigenvalue weighted by molar-refractivity contribution is 0.0525. The number of hydrogen-bond donors (Lipinski definition) is 0. The van der Waals surface area contributed by atoms with E-state index in [0.717, 1.165) is 10.5 Å².